The van der Waals surface area contributed by atoms with Crippen molar-refractivity contribution in [3.05, 3.63) is 97.2 Å². The molecule has 1 atom stereocenters. The molecule has 0 heterocycles. The van der Waals surface area contributed by atoms with Crippen LogP contribution < -0.4 is 0 Å². The minimum Gasteiger partial charge on any atom is -0.481 e. The maximum atomic E-state index is 12.7. The van der Waals surface area contributed by atoms with E-state index in [-0.39, 0.29) is 18.5 Å². The molecular weight excluding hydrogens is 665 g/mol. The molecule has 0 aliphatic rings. The standard InChI is InChI=1S/C50H82O4/c1-3-5-7-9-11-13-15-17-19-20-21-22-23-24-26-28-30-32-34-39-43-47-50(53)54-48(45-41-37-35-38-42-46-49(51)52)44-40-36-33-31-29-27-25-18-16-14-12-10-8-6-4-2/h5-8,11-14,17-19,21-22,25,29,31,48H,3-4,9-10,15-16,20,23-24,26-28,30,32-47H2,1-2H3,(H,51,52)/b7-5-,8-6-,13-11-,14-12-,19-17-,22-21-,25-18-,31-29-. The Bertz CT molecular complexity index is 1070. The third-order valence-electron chi connectivity index (χ3n) is 9.30. The highest BCUT2D eigenvalue weighted by Gasteiger charge is 2.14. The molecule has 0 rings (SSSR count). The van der Waals surface area contributed by atoms with Gasteiger partial charge in [0.2, 0.25) is 0 Å². The van der Waals surface area contributed by atoms with Crippen molar-refractivity contribution in [2.24, 2.45) is 0 Å². The molecule has 4 heteroatoms. The molecule has 0 saturated carbocycles. The summed E-state index contributed by atoms with van der Waals surface area (Å²) < 4.78 is 6.01. The van der Waals surface area contributed by atoms with Crippen LogP contribution in [0.5, 0.6) is 0 Å². The summed E-state index contributed by atoms with van der Waals surface area (Å²) in [5, 5.41) is 8.85. The SMILES string of the molecule is CC/C=C\C/C=C\C/C=C\C/C=C\CCCCCCCCCCC(=O)OC(CCCC/C=C\C/C=C\C/C=C\C/C=C\CC)CCCCCCCC(=O)O. The first kappa shape index (κ1) is 50.9. The molecule has 0 spiro atoms. The smallest absolute Gasteiger partial charge is 0.306 e. The second kappa shape index (κ2) is 44.3. The second-order valence-electron chi connectivity index (χ2n) is 14.5. The van der Waals surface area contributed by atoms with Crippen LogP contribution >= 0.6 is 0 Å². The second-order valence-corrected chi connectivity index (χ2v) is 14.5. The Labute approximate surface area is 333 Å². The van der Waals surface area contributed by atoms with E-state index in [1.807, 2.05) is 0 Å². The van der Waals surface area contributed by atoms with E-state index in [4.69, 9.17) is 9.84 Å². The monoisotopic (exact) mass is 747 g/mol. The van der Waals surface area contributed by atoms with Gasteiger partial charge in [-0.05, 0) is 116 Å². The highest BCUT2D eigenvalue weighted by atomic mass is 16.5. The minimum absolute atomic E-state index is 0.00521. The average molecular weight is 747 g/mol. The van der Waals surface area contributed by atoms with Gasteiger partial charge in [-0.15, -0.1) is 0 Å². The largest absolute Gasteiger partial charge is 0.481 e. The predicted molar refractivity (Wildman–Crippen MR) is 236 cm³/mol. The van der Waals surface area contributed by atoms with Crippen molar-refractivity contribution in [3.63, 3.8) is 0 Å². The Hall–Kier alpha value is -3.14. The first-order valence-corrected chi connectivity index (χ1v) is 22.2. The van der Waals surface area contributed by atoms with Gasteiger partial charge < -0.3 is 9.84 Å². The number of carboxylic acid groups (broad SMARTS) is 1. The first-order chi connectivity index (χ1) is 26.6. The number of unbranched alkanes of at least 4 members (excludes halogenated alkanes) is 14. The summed E-state index contributed by atoms with van der Waals surface area (Å²) in [6, 6.07) is 0. The molecule has 0 radical (unpaired) electrons. The maximum Gasteiger partial charge on any atom is 0.306 e. The van der Waals surface area contributed by atoms with Gasteiger partial charge in [0.1, 0.15) is 6.10 Å². The highest BCUT2D eigenvalue weighted by Crippen LogP contribution is 2.18. The van der Waals surface area contributed by atoms with E-state index in [2.05, 4.69) is 111 Å². The number of aliphatic carboxylic acids is 1. The Morgan fingerprint density at radius 2 is 0.722 bits per heavy atom. The van der Waals surface area contributed by atoms with E-state index >= 15 is 0 Å². The molecule has 0 aliphatic heterocycles. The molecule has 0 aromatic carbocycles. The van der Waals surface area contributed by atoms with Gasteiger partial charge >= 0.3 is 11.9 Å². The molecule has 0 amide bonds. The van der Waals surface area contributed by atoms with E-state index < -0.39 is 5.97 Å². The normalized spacial score (nSPS) is 13.2. The maximum absolute atomic E-state index is 12.7. The van der Waals surface area contributed by atoms with Crippen molar-refractivity contribution in [2.75, 3.05) is 0 Å². The summed E-state index contributed by atoms with van der Waals surface area (Å²) in [6.07, 6.45) is 65.7. The van der Waals surface area contributed by atoms with Crippen LogP contribution in [0.25, 0.3) is 0 Å². The molecule has 54 heavy (non-hydrogen) atoms. The van der Waals surface area contributed by atoms with Crippen LogP contribution in [0.15, 0.2) is 97.2 Å². The fraction of sp³-hybridized carbons (Fsp3) is 0.640. The predicted octanol–water partition coefficient (Wildman–Crippen LogP) is 15.8. The van der Waals surface area contributed by atoms with E-state index in [9.17, 15) is 9.59 Å². The average Bonchev–Trinajstić information content (AvgIpc) is 3.16. The van der Waals surface area contributed by atoms with Crippen LogP contribution in [0.2, 0.25) is 0 Å². The van der Waals surface area contributed by atoms with E-state index in [1.165, 1.54) is 44.9 Å². The summed E-state index contributed by atoms with van der Waals surface area (Å²) >= 11 is 0. The van der Waals surface area contributed by atoms with Crippen LogP contribution in [-0.4, -0.2) is 23.1 Å². The van der Waals surface area contributed by atoms with E-state index in [0.29, 0.717) is 6.42 Å². The Morgan fingerprint density at radius 3 is 1.15 bits per heavy atom. The third-order valence-corrected chi connectivity index (χ3v) is 9.30. The molecule has 1 unspecified atom stereocenters. The van der Waals surface area contributed by atoms with Gasteiger partial charge in [-0.1, -0.05) is 169 Å². The number of esters is 1. The zero-order valence-corrected chi connectivity index (χ0v) is 35.0. The molecule has 1 N–H and O–H groups in total. The van der Waals surface area contributed by atoms with Crippen LogP contribution in [0.3, 0.4) is 0 Å². The summed E-state index contributed by atoms with van der Waals surface area (Å²) in [5.74, 6) is -0.743. The molecule has 4 nitrogen and oxygen atoms in total. The molecule has 306 valence electrons. The van der Waals surface area contributed by atoms with Gasteiger partial charge in [0, 0.05) is 12.8 Å². The fourth-order valence-electron chi connectivity index (χ4n) is 6.11. The summed E-state index contributed by atoms with van der Waals surface area (Å²) in [5.41, 5.74) is 0. The lowest BCUT2D eigenvalue weighted by molar-refractivity contribution is -0.150. The number of rotatable bonds is 39. The van der Waals surface area contributed by atoms with Crippen molar-refractivity contribution in [1.82, 2.24) is 0 Å². The van der Waals surface area contributed by atoms with E-state index in [0.717, 1.165) is 128 Å². The molecule has 0 aromatic rings. The summed E-state index contributed by atoms with van der Waals surface area (Å²) in [7, 11) is 0. The van der Waals surface area contributed by atoms with Gasteiger partial charge in [-0.3, -0.25) is 9.59 Å². The Kier molecular flexibility index (Phi) is 41.7. The number of hydrogen-bond acceptors (Lipinski definition) is 3. The van der Waals surface area contributed by atoms with Crippen molar-refractivity contribution in [1.29, 1.82) is 0 Å². The minimum atomic E-state index is -0.712. The summed E-state index contributed by atoms with van der Waals surface area (Å²) in [6.45, 7) is 4.32. The van der Waals surface area contributed by atoms with Crippen LogP contribution in [0, 0.1) is 0 Å². The number of allylic oxidation sites excluding steroid dienone is 16. The topological polar surface area (TPSA) is 63.6 Å². The van der Waals surface area contributed by atoms with Gasteiger partial charge in [0.05, 0.1) is 0 Å². The molecular formula is C50H82O4. The lowest BCUT2D eigenvalue weighted by Gasteiger charge is -2.18. The number of hydrogen-bond donors (Lipinski definition) is 1. The van der Waals surface area contributed by atoms with Crippen molar-refractivity contribution >= 4 is 11.9 Å². The lowest BCUT2D eigenvalue weighted by atomic mass is 10.0. The van der Waals surface area contributed by atoms with Crippen molar-refractivity contribution in [3.8, 4) is 0 Å². The number of ether oxygens (including phenoxy) is 1. The molecule has 0 fully saturated rings. The molecule has 0 aliphatic carbocycles. The van der Waals surface area contributed by atoms with Crippen LogP contribution in [0.1, 0.15) is 200 Å². The quantitative estimate of drug-likeness (QED) is 0.0386. The number of carboxylic acids is 1. The number of carbonyl (C=O) groups excluding carboxylic acids is 1. The van der Waals surface area contributed by atoms with Gasteiger partial charge in [-0.2, -0.15) is 0 Å². The molecule has 0 aromatic heterocycles. The van der Waals surface area contributed by atoms with Gasteiger partial charge in [0.25, 0.3) is 0 Å². The first-order valence-electron chi connectivity index (χ1n) is 22.2. The molecule has 0 bridgehead atoms. The molecule has 0 saturated heterocycles. The Balaban J connectivity index is 4.11. The van der Waals surface area contributed by atoms with Gasteiger partial charge in [0.15, 0.2) is 0 Å². The third kappa shape index (κ3) is 43.3. The lowest BCUT2D eigenvalue weighted by Crippen LogP contribution is -2.18. The zero-order valence-electron chi connectivity index (χ0n) is 35.0. The van der Waals surface area contributed by atoms with Crippen molar-refractivity contribution in [2.45, 2.75) is 206 Å². The van der Waals surface area contributed by atoms with E-state index in [1.54, 1.807) is 0 Å². The fourth-order valence-corrected chi connectivity index (χ4v) is 6.11. The van der Waals surface area contributed by atoms with Crippen LogP contribution in [0.4, 0.5) is 0 Å². The number of carbonyl (C=O) groups is 2. The zero-order chi connectivity index (χ0) is 39.3. The van der Waals surface area contributed by atoms with Crippen LogP contribution in [-0.2, 0) is 14.3 Å². The van der Waals surface area contributed by atoms with Gasteiger partial charge in [-0.25, -0.2) is 0 Å². The Morgan fingerprint density at radius 1 is 0.407 bits per heavy atom. The highest BCUT2D eigenvalue weighted by molar-refractivity contribution is 5.69. The summed E-state index contributed by atoms with van der Waals surface area (Å²) in [4.78, 5) is 23.5. The van der Waals surface area contributed by atoms with Crippen molar-refractivity contribution < 1.29 is 19.4 Å².